The minimum absolute atomic E-state index is 0.0771. The van der Waals surface area contributed by atoms with E-state index in [4.69, 9.17) is 0 Å². The maximum atomic E-state index is 13.2. The molecule has 0 radical (unpaired) electrons. The maximum absolute atomic E-state index is 13.2. The van der Waals surface area contributed by atoms with Crippen molar-refractivity contribution in [3.63, 3.8) is 0 Å². The molecule has 0 aliphatic rings. The lowest BCUT2D eigenvalue weighted by molar-refractivity contribution is 0.985. The molecule has 4 aromatic heterocycles. The summed E-state index contributed by atoms with van der Waals surface area (Å²) in [5, 5.41) is 0.342. The van der Waals surface area contributed by atoms with Crippen molar-refractivity contribution in [2.75, 3.05) is 0 Å². The molecular formula is C20H10N4O4. The van der Waals surface area contributed by atoms with E-state index >= 15 is 0 Å². The maximum Gasteiger partial charge on any atom is 0.266 e. The summed E-state index contributed by atoms with van der Waals surface area (Å²) in [4.78, 5) is 61.0. The van der Waals surface area contributed by atoms with Gasteiger partial charge >= 0.3 is 0 Å². The number of rotatable bonds is 2. The quantitative estimate of drug-likeness (QED) is 0.493. The van der Waals surface area contributed by atoms with E-state index in [0.717, 1.165) is 4.57 Å². The lowest BCUT2D eigenvalue weighted by Crippen LogP contribution is -2.23. The number of benzene rings is 1. The number of pyridine rings is 2. The number of hydrogen-bond donors (Lipinski definition) is 1. The molecule has 0 bridgehead atoms. The summed E-state index contributed by atoms with van der Waals surface area (Å²) in [6.45, 7) is 0. The SMILES string of the molecule is O=c1[nH]c(=O)c2c(-c3ccncc3)c3c(=O)n(-c4ccncc4)c(=O)c3cc12. The van der Waals surface area contributed by atoms with Crippen molar-refractivity contribution >= 4 is 21.5 Å². The van der Waals surface area contributed by atoms with Crippen molar-refractivity contribution in [2.24, 2.45) is 0 Å². The monoisotopic (exact) mass is 370 g/mol. The van der Waals surface area contributed by atoms with Crippen LogP contribution in [-0.2, 0) is 0 Å². The highest BCUT2D eigenvalue weighted by Gasteiger charge is 2.24. The van der Waals surface area contributed by atoms with Gasteiger partial charge in [-0.3, -0.25) is 34.1 Å². The Bertz CT molecular complexity index is 1580. The van der Waals surface area contributed by atoms with Crippen molar-refractivity contribution in [1.29, 1.82) is 0 Å². The summed E-state index contributed by atoms with van der Waals surface area (Å²) >= 11 is 0. The highest BCUT2D eigenvalue weighted by Crippen LogP contribution is 2.31. The van der Waals surface area contributed by atoms with Gasteiger partial charge in [-0.05, 0) is 35.9 Å². The summed E-state index contributed by atoms with van der Waals surface area (Å²) in [5.41, 5.74) is -1.18. The first-order valence-corrected chi connectivity index (χ1v) is 8.34. The van der Waals surface area contributed by atoms with E-state index in [1.54, 1.807) is 24.3 Å². The van der Waals surface area contributed by atoms with Crippen LogP contribution in [0.5, 0.6) is 0 Å². The molecule has 0 aliphatic carbocycles. The molecule has 8 heteroatoms. The van der Waals surface area contributed by atoms with Gasteiger partial charge in [-0.25, -0.2) is 4.57 Å². The van der Waals surface area contributed by atoms with Gasteiger partial charge in [-0.2, -0.15) is 0 Å². The Morgan fingerprint density at radius 3 is 2.04 bits per heavy atom. The van der Waals surface area contributed by atoms with E-state index in [1.807, 2.05) is 0 Å². The Balaban J connectivity index is 2.09. The molecule has 0 amide bonds. The van der Waals surface area contributed by atoms with Crippen molar-refractivity contribution < 1.29 is 0 Å². The van der Waals surface area contributed by atoms with Crippen LogP contribution in [0.3, 0.4) is 0 Å². The lowest BCUT2D eigenvalue weighted by Gasteiger charge is -2.04. The summed E-state index contributed by atoms with van der Waals surface area (Å²) in [5.74, 6) is 0. The standard InChI is InChI=1S/C20H10N4O4/c25-17-12-9-13-16(20(28)24(19(13)27)11-3-7-22-8-4-11)14(15(12)18(26)23-17)10-1-5-21-6-2-10/h1-9H,(H,23,25,26). The lowest BCUT2D eigenvalue weighted by atomic mass is 9.97. The first-order chi connectivity index (χ1) is 13.6. The number of aromatic amines is 1. The molecule has 5 aromatic rings. The molecule has 0 saturated heterocycles. The predicted octanol–water partition coefficient (Wildman–Crippen LogP) is 0.885. The van der Waals surface area contributed by atoms with Gasteiger partial charge in [0, 0.05) is 30.4 Å². The summed E-state index contributed by atoms with van der Waals surface area (Å²) in [7, 11) is 0. The number of aromatic nitrogens is 4. The predicted molar refractivity (Wildman–Crippen MR) is 104 cm³/mol. The minimum atomic E-state index is -0.600. The molecule has 8 nitrogen and oxygen atoms in total. The second kappa shape index (κ2) is 5.65. The van der Waals surface area contributed by atoms with Crippen LogP contribution in [0.25, 0.3) is 38.4 Å². The van der Waals surface area contributed by atoms with Crippen LogP contribution in [0.4, 0.5) is 0 Å². The minimum Gasteiger partial charge on any atom is -0.288 e. The summed E-state index contributed by atoms with van der Waals surface area (Å²) in [6, 6.07) is 7.65. The Hall–Kier alpha value is -4.20. The third-order valence-electron chi connectivity index (χ3n) is 4.77. The number of nitrogens with one attached hydrogen (secondary N) is 1. The average Bonchev–Trinajstić information content (AvgIpc) is 3.15. The Morgan fingerprint density at radius 2 is 1.36 bits per heavy atom. The molecular weight excluding hydrogens is 360 g/mol. The largest absolute Gasteiger partial charge is 0.288 e. The van der Waals surface area contributed by atoms with Crippen LogP contribution in [0.2, 0.25) is 0 Å². The van der Waals surface area contributed by atoms with Gasteiger partial charge in [0.2, 0.25) is 0 Å². The fourth-order valence-corrected chi connectivity index (χ4v) is 3.58. The number of fused-ring (bicyclic) bond motifs is 2. The van der Waals surface area contributed by atoms with Crippen molar-refractivity contribution in [2.45, 2.75) is 0 Å². The van der Waals surface area contributed by atoms with Gasteiger partial charge in [0.25, 0.3) is 22.2 Å². The van der Waals surface area contributed by atoms with Crippen LogP contribution in [0.15, 0.2) is 74.3 Å². The molecule has 0 atom stereocenters. The fraction of sp³-hybridized carbons (Fsp3) is 0. The van der Waals surface area contributed by atoms with E-state index in [1.165, 1.54) is 30.9 Å². The topological polar surface area (TPSA) is 115 Å². The molecule has 0 fully saturated rings. The molecule has 5 rings (SSSR count). The van der Waals surface area contributed by atoms with E-state index in [2.05, 4.69) is 15.0 Å². The van der Waals surface area contributed by atoms with Crippen molar-refractivity contribution in [3.05, 3.63) is 96.5 Å². The number of hydrogen-bond acceptors (Lipinski definition) is 6. The van der Waals surface area contributed by atoms with E-state index in [0.29, 0.717) is 11.3 Å². The van der Waals surface area contributed by atoms with Gasteiger partial charge in [-0.15, -0.1) is 0 Å². The Morgan fingerprint density at radius 1 is 0.714 bits per heavy atom. The van der Waals surface area contributed by atoms with Gasteiger partial charge in [0.05, 0.1) is 27.2 Å². The second-order valence-electron chi connectivity index (χ2n) is 6.27. The molecule has 0 unspecified atom stereocenters. The van der Waals surface area contributed by atoms with Crippen LogP contribution >= 0.6 is 0 Å². The fourth-order valence-electron chi connectivity index (χ4n) is 3.58. The molecule has 134 valence electrons. The highest BCUT2D eigenvalue weighted by atomic mass is 16.2. The van der Waals surface area contributed by atoms with Crippen LogP contribution in [-0.4, -0.2) is 19.5 Å². The Labute approximate surface area is 155 Å². The molecule has 28 heavy (non-hydrogen) atoms. The van der Waals surface area contributed by atoms with Crippen molar-refractivity contribution in [1.82, 2.24) is 19.5 Å². The zero-order valence-corrected chi connectivity index (χ0v) is 14.2. The van der Waals surface area contributed by atoms with E-state index in [9.17, 15) is 19.2 Å². The summed E-state index contributed by atoms with van der Waals surface area (Å²) < 4.78 is 1.02. The first-order valence-electron chi connectivity index (χ1n) is 8.34. The smallest absolute Gasteiger partial charge is 0.266 e. The van der Waals surface area contributed by atoms with Crippen molar-refractivity contribution in [3.8, 4) is 16.8 Å². The number of H-pyrrole nitrogens is 1. The molecule has 0 aliphatic heterocycles. The first kappa shape index (κ1) is 16.0. The van der Waals surface area contributed by atoms with Crippen LogP contribution < -0.4 is 22.2 Å². The highest BCUT2D eigenvalue weighted by molar-refractivity contribution is 6.12. The average molecular weight is 370 g/mol. The normalized spacial score (nSPS) is 11.4. The Kier molecular flexibility index (Phi) is 3.23. The van der Waals surface area contributed by atoms with E-state index < -0.39 is 22.2 Å². The van der Waals surface area contributed by atoms with Crippen LogP contribution in [0.1, 0.15) is 0 Å². The van der Waals surface area contributed by atoms with Gasteiger partial charge in [-0.1, -0.05) is 0 Å². The third-order valence-corrected chi connectivity index (χ3v) is 4.77. The van der Waals surface area contributed by atoms with E-state index in [-0.39, 0.29) is 27.1 Å². The molecule has 1 N–H and O–H groups in total. The summed E-state index contributed by atoms with van der Waals surface area (Å²) in [6.07, 6.45) is 5.97. The van der Waals surface area contributed by atoms with Crippen LogP contribution in [0, 0.1) is 0 Å². The molecule has 0 spiro atoms. The molecule has 4 heterocycles. The molecule has 0 saturated carbocycles. The van der Waals surface area contributed by atoms with Gasteiger partial charge in [0.15, 0.2) is 0 Å². The zero-order chi connectivity index (χ0) is 19.4. The third kappa shape index (κ3) is 2.05. The van der Waals surface area contributed by atoms with Gasteiger partial charge in [0.1, 0.15) is 0 Å². The zero-order valence-electron chi connectivity index (χ0n) is 14.2. The second-order valence-corrected chi connectivity index (χ2v) is 6.27. The van der Waals surface area contributed by atoms with Gasteiger partial charge < -0.3 is 0 Å². The molecule has 1 aromatic carbocycles. The number of nitrogens with zero attached hydrogens (tertiary/aromatic N) is 3.